The number of hydrogen-bond acceptors (Lipinski definition) is 4. The average molecular weight is 312 g/mol. The Morgan fingerprint density at radius 1 is 1.43 bits per heavy atom. The molecule has 1 saturated heterocycles. The molecule has 1 aromatic rings. The molecule has 1 aliphatic rings. The zero-order valence-electron chi connectivity index (χ0n) is 12.5. The Hall–Kier alpha value is -0.950. The maximum Gasteiger partial charge on any atom is 0.243 e. The minimum atomic E-state index is -3.45. The normalized spacial score (nSPS) is 20.0. The lowest BCUT2D eigenvalue weighted by Crippen LogP contribution is -2.35. The van der Waals surface area contributed by atoms with E-state index in [1.807, 2.05) is 6.92 Å². The smallest absolute Gasteiger partial charge is 0.243 e. The van der Waals surface area contributed by atoms with Gasteiger partial charge in [-0.15, -0.1) is 0 Å². The summed E-state index contributed by atoms with van der Waals surface area (Å²) in [5.41, 5.74) is 7.50. The Bertz CT molecular complexity index is 587. The second kappa shape index (κ2) is 6.87. The van der Waals surface area contributed by atoms with Gasteiger partial charge in [0.15, 0.2) is 0 Å². The van der Waals surface area contributed by atoms with Crippen LogP contribution in [0.4, 0.5) is 0 Å². The predicted octanol–water partition coefficient (Wildman–Crippen LogP) is 1.38. The van der Waals surface area contributed by atoms with E-state index in [1.165, 1.54) is 0 Å². The van der Waals surface area contributed by atoms with Crippen LogP contribution in [-0.2, 0) is 16.6 Å². The highest BCUT2D eigenvalue weighted by molar-refractivity contribution is 7.89. The Morgan fingerprint density at radius 2 is 2.19 bits per heavy atom. The molecule has 5 nitrogen and oxygen atoms in total. The van der Waals surface area contributed by atoms with Crippen molar-refractivity contribution in [3.63, 3.8) is 0 Å². The Labute approximate surface area is 126 Å². The molecule has 2 rings (SSSR count). The first-order valence-corrected chi connectivity index (χ1v) is 8.87. The molecule has 1 heterocycles. The van der Waals surface area contributed by atoms with Gasteiger partial charge >= 0.3 is 0 Å². The van der Waals surface area contributed by atoms with Crippen molar-refractivity contribution in [1.29, 1.82) is 0 Å². The minimum absolute atomic E-state index is 0.0108. The molecule has 0 amide bonds. The topological polar surface area (TPSA) is 83.6 Å². The van der Waals surface area contributed by atoms with Gasteiger partial charge in [0, 0.05) is 25.7 Å². The lowest BCUT2D eigenvalue weighted by Gasteiger charge is -2.24. The summed E-state index contributed by atoms with van der Waals surface area (Å²) >= 11 is 0. The molecule has 1 aliphatic heterocycles. The summed E-state index contributed by atoms with van der Waals surface area (Å²) < 4.78 is 27.2. The fraction of sp³-hybridized carbons (Fsp3) is 0.600. The van der Waals surface area contributed by atoms with E-state index in [0.717, 1.165) is 30.4 Å². The third-order valence-corrected chi connectivity index (χ3v) is 6.11. The summed E-state index contributed by atoms with van der Waals surface area (Å²) in [4.78, 5) is 0.341. The van der Waals surface area contributed by atoms with Crippen molar-refractivity contribution in [1.82, 2.24) is 4.31 Å². The maximum absolute atomic E-state index is 12.8. The van der Waals surface area contributed by atoms with Gasteiger partial charge in [-0.05, 0) is 55.9 Å². The molecule has 118 valence electrons. The van der Waals surface area contributed by atoms with Crippen LogP contribution in [0.2, 0.25) is 0 Å². The molecule has 0 aliphatic carbocycles. The van der Waals surface area contributed by atoms with E-state index in [0.29, 0.717) is 24.4 Å². The van der Waals surface area contributed by atoms with Crippen molar-refractivity contribution in [3.05, 3.63) is 29.3 Å². The van der Waals surface area contributed by atoms with Gasteiger partial charge in [0.25, 0.3) is 0 Å². The van der Waals surface area contributed by atoms with Crippen molar-refractivity contribution in [2.45, 2.75) is 50.1 Å². The zero-order chi connectivity index (χ0) is 15.5. The molecular formula is C15H24N2O3S. The lowest BCUT2D eigenvalue weighted by atomic mass is 10.1. The molecule has 0 spiro atoms. The van der Waals surface area contributed by atoms with E-state index in [4.69, 9.17) is 10.8 Å². The number of aliphatic hydroxyl groups excluding tert-OH is 1. The number of sulfonamides is 1. The molecule has 1 fully saturated rings. The molecular weight excluding hydrogens is 288 g/mol. The number of aryl methyl sites for hydroxylation is 1. The summed E-state index contributed by atoms with van der Waals surface area (Å²) in [5, 5.41) is 8.95. The molecule has 1 aromatic carbocycles. The van der Waals surface area contributed by atoms with Gasteiger partial charge in [-0.25, -0.2) is 8.42 Å². The van der Waals surface area contributed by atoms with Crippen LogP contribution in [-0.4, -0.2) is 37.0 Å². The molecule has 1 atom stereocenters. The van der Waals surface area contributed by atoms with Crippen molar-refractivity contribution >= 4 is 10.0 Å². The second-order valence-electron chi connectivity index (χ2n) is 5.57. The summed E-state index contributed by atoms with van der Waals surface area (Å²) in [7, 11) is -3.45. The number of hydrogen-bond donors (Lipinski definition) is 2. The Kier molecular flexibility index (Phi) is 5.37. The third-order valence-electron chi connectivity index (χ3n) is 4.16. The zero-order valence-corrected chi connectivity index (χ0v) is 13.3. The highest BCUT2D eigenvalue weighted by Gasteiger charge is 2.34. The van der Waals surface area contributed by atoms with Crippen LogP contribution in [0.3, 0.4) is 0 Å². The number of benzene rings is 1. The maximum atomic E-state index is 12.8. The molecule has 1 unspecified atom stereocenters. The van der Waals surface area contributed by atoms with Gasteiger partial charge in [-0.2, -0.15) is 4.31 Å². The fourth-order valence-corrected chi connectivity index (χ4v) is 4.74. The molecule has 0 bridgehead atoms. The summed E-state index contributed by atoms with van der Waals surface area (Å²) in [5.74, 6) is 0. The van der Waals surface area contributed by atoms with Gasteiger partial charge in [0.2, 0.25) is 10.0 Å². The SMILES string of the molecule is Cc1cc(S(=O)(=O)N2CCCC2CCCO)ccc1CN. The fourth-order valence-electron chi connectivity index (χ4n) is 2.93. The third kappa shape index (κ3) is 3.45. The highest BCUT2D eigenvalue weighted by Crippen LogP contribution is 2.29. The van der Waals surface area contributed by atoms with Crippen molar-refractivity contribution in [2.24, 2.45) is 5.73 Å². The first-order chi connectivity index (χ1) is 10.0. The van der Waals surface area contributed by atoms with E-state index in [9.17, 15) is 8.42 Å². The van der Waals surface area contributed by atoms with E-state index in [-0.39, 0.29) is 12.6 Å². The number of aliphatic hydroxyl groups is 1. The Morgan fingerprint density at radius 3 is 2.81 bits per heavy atom. The van der Waals surface area contributed by atoms with Gasteiger partial charge in [0.05, 0.1) is 4.90 Å². The van der Waals surface area contributed by atoms with E-state index >= 15 is 0 Å². The summed E-state index contributed by atoms with van der Waals surface area (Å²) in [6, 6.07) is 5.16. The largest absolute Gasteiger partial charge is 0.396 e. The molecule has 0 saturated carbocycles. The second-order valence-corrected chi connectivity index (χ2v) is 7.46. The number of nitrogens with two attached hydrogens (primary N) is 1. The van der Waals surface area contributed by atoms with Crippen LogP contribution in [0.5, 0.6) is 0 Å². The molecule has 6 heteroatoms. The van der Waals surface area contributed by atoms with Crippen molar-refractivity contribution in [3.8, 4) is 0 Å². The average Bonchev–Trinajstić information content (AvgIpc) is 2.94. The van der Waals surface area contributed by atoms with E-state index in [2.05, 4.69) is 0 Å². The number of nitrogens with zero attached hydrogens (tertiary/aromatic N) is 1. The standard InChI is InChI=1S/C15H24N2O3S/c1-12-10-15(7-6-13(12)11-16)21(19,20)17-8-2-4-14(17)5-3-9-18/h6-7,10,14,18H,2-5,8-9,11,16H2,1H3. The van der Waals surface area contributed by atoms with Gasteiger partial charge in [-0.1, -0.05) is 6.07 Å². The van der Waals surface area contributed by atoms with Crippen LogP contribution < -0.4 is 5.73 Å². The van der Waals surface area contributed by atoms with E-state index in [1.54, 1.807) is 22.5 Å². The quantitative estimate of drug-likeness (QED) is 0.831. The van der Waals surface area contributed by atoms with Crippen LogP contribution in [0, 0.1) is 6.92 Å². The van der Waals surface area contributed by atoms with Gasteiger partial charge < -0.3 is 10.8 Å². The lowest BCUT2D eigenvalue weighted by molar-refractivity contribution is 0.264. The van der Waals surface area contributed by atoms with Crippen molar-refractivity contribution < 1.29 is 13.5 Å². The Balaban J connectivity index is 2.26. The summed E-state index contributed by atoms with van der Waals surface area (Å²) in [6.45, 7) is 2.97. The predicted molar refractivity (Wildman–Crippen MR) is 82.3 cm³/mol. The van der Waals surface area contributed by atoms with E-state index < -0.39 is 10.0 Å². The molecule has 21 heavy (non-hydrogen) atoms. The first-order valence-electron chi connectivity index (χ1n) is 7.43. The summed E-state index contributed by atoms with van der Waals surface area (Å²) in [6.07, 6.45) is 3.12. The van der Waals surface area contributed by atoms with Gasteiger partial charge in [-0.3, -0.25) is 0 Å². The number of rotatable bonds is 6. The minimum Gasteiger partial charge on any atom is -0.396 e. The molecule has 3 N–H and O–H groups in total. The first kappa shape index (κ1) is 16.4. The van der Waals surface area contributed by atoms with Gasteiger partial charge in [0.1, 0.15) is 0 Å². The molecule has 0 radical (unpaired) electrons. The van der Waals surface area contributed by atoms with Crippen LogP contribution in [0.25, 0.3) is 0 Å². The van der Waals surface area contributed by atoms with Crippen LogP contribution >= 0.6 is 0 Å². The molecule has 0 aromatic heterocycles. The van der Waals surface area contributed by atoms with Crippen LogP contribution in [0.1, 0.15) is 36.8 Å². The van der Waals surface area contributed by atoms with Crippen LogP contribution in [0.15, 0.2) is 23.1 Å². The van der Waals surface area contributed by atoms with Crippen molar-refractivity contribution in [2.75, 3.05) is 13.2 Å². The monoisotopic (exact) mass is 312 g/mol. The highest BCUT2D eigenvalue weighted by atomic mass is 32.2.